The topological polar surface area (TPSA) is 149 Å². The van der Waals surface area contributed by atoms with Gasteiger partial charge < -0.3 is 26.6 Å². The van der Waals surface area contributed by atoms with Crippen molar-refractivity contribution in [2.75, 3.05) is 0 Å². The predicted octanol–water partition coefficient (Wildman–Crippen LogP) is 3.38. The lowest BCUT2D eigenvalue weighted by Crippen LogP contribution is -2.39. The third-order valence-corrected chi connectivity index (χ3v) is 5.90. The van der Waals surface area contributed by atoms with Crippen molar-refractivity contribution in [2.24, 2.45) is 16.7 Å². The number of nitrogens with zero attached hydrogens (tertiary/aromatic N) is 3. The Morgan fingerprint density at radius 3 is 2.51 bits per heavy atom. The minimum Gasteiger partial charge on any atom is -0.480 e. The maximum atomic E-state index is 12.9. The molecule has 184 valence electrons. The van der Waals surface area contributed by atoms with Gasteiger partial charge in [0.1, 0.15) is 17.6 Å². The molecule has 1 atom stereocenters. The number of amides is 1. The molecule has 6 N–H and O–H groups in total. The lowest BCUT2D eigenvalue weighted by atomic mass is 9.98. The first-order valence-corrected chi connectivity index (χ1v) is 11.6. The summed E-state index contributed by atoms with van der Waals surface area (Å²) in [6, 6.07) is 14.3. The van der Waals surface area contributed by atoms with E-state index in [0.717, 1.165) is 35.1 Å². The molecule has 2 aromatic carbocycles. The molecule has 0 aliphatic heterocycles. The number of aromatic nitrogens is 2. The number of carbonyl (C=O) groups excluding carboxylic acids is 1. The van der Waals surface area contributed by atoms with Gasteiger partial charge in [-0.1, -0.05) is 73.5 Å². The van der Waals surface area contributed by atoms with E-state index in [0.29, 0.717) is 18.8 Å². The summed E-state index contributed by atoms with van der Waals surface area (Å²) in [7, 11) is 0. The Hall–Kier alpha value is -3.85. The molecule has 0 aliphatic carbocycles. The molecule has 35 heavy (non-hydrogen) atoms. The number of hydrogen-bond donors (Lipinski definition) is 4. The number of hydrogen-bond acceptors (Lipinski definition) is 5. The van der Waals surface area contributed by atoms with Crippen molar-refractivity contribution in [3.8, 4) is 11.1 Å². The molecular formula is C25H29ClN6O3. The molecule has 1 aromatic heterocycles. The molecule has 9 nitrogen and oxygen atoms in total. The zero-order valence-corrected chi connectivity index (χ0v) is 20.4. The molecule has 1 amide bonds. The Bertz CT molecular complexity index is 1240. The molecule has 0 saturated carbocycles. The van der Waals surface area contributed by atoms with E-state index >= 15 is 0 Å². The average Bonchev–Trinajstić information content (AvgIpc) is 3.17. The fourth-order valence-corrected chi connectivity index (χ4v) is 3.99. The van der Waals surface area contributed by atoms with Gasteiger partial charge in [0.25, 0.3) is 5.91 Å². The summed E-state index contributed by atoms with van der Waals surface area (Å²) in [6.45, 7) is 3.80. The Kier molecular flexibility index (Phi) is 8.48. The molecule has 0 radical (unpaired) electrons. The first-order valence-electron chi connectivity index (χ1n) is 11.3. The smallest absolute Gasteiger partial charge is 0.325 e. The van der Waals surface area contributed by atoms with Gasteiger partial charge in [-0.25, -0.2) is 4.98 Å². The third-order valence-electron chi connectivity index (χ3n) is 5.64. The van der Waals surface area contributed by atoms with Gasteiger partial charge in [0.2, 0.25) is 0 Å². The number of amidine groups is 1. The number of carbonyl (C=O) groups is 2. The first kappa shape index (κ1) is 25.8. The van der Waals surface area contributed by atoms with Crippen LogP contribution in [0.15, 0.2) is 53.6 Å². The number of nitrogens with two attached hydrogens (primary N) is 2. The maximum absolute atomic E-state index is 12.9. The van der Waals surface area contributed by atoms with E-state index in [1.165, 1.54) is 6.92 Å². The van der Waals surface area contributed by atoms with E-state index in [-0.39, 0.29) is 16.7 Å². The highest BCUT2D eigenvalue weighted by atomic mass is 35.5. The lowest BCUT2D eigenvalue weighted by Gasteiger charge is -2.15. The largest absolute Gasteiger partial charge is 0.480 e. The minimum atomic E-state index is -1.14. The van der Waals surface area contributed by atoms with Crippen LogP contribution in [-0.2, 0) is 17.8 Å². The van der Waals surface area contributed by atoms with Crippen molar-refractivity contribution in [2.45, 2.75) is 45.7 Å². The van der Waals surface area contributed by atoms with E-state index in [2.05, 4.69) is 22.3 Å². The second-order valence-corrected chi connectivity index (χ2v) is 8.51. The monoisotopic (exact) mass is 496 g/mol. The molecule has 10 heteroatoms. The van der Waals surface area contributed by atoms with Crippen LogP contribution in [0.1, 0.15) is 54.1 Å². The van der Waals surface area contributed by atoms with Gasteiger partial charge in [0.05, 0.1) is 0 Å². The molecular weight excluding hydrogens is 468 g/mol. The van der Waals surface area contributed by atoms with Crippen LogP contribution in [0.25, 0.3) is 11.1 Å². The number of aliphatic carboxylic acids is 1. The maximum Gasteiger partial charge on any atom is 0.325 e. The zero-order chi connectivity index (χ0) is 25.5. The van der Waals surface area contributed by atoms with E-state index < -0.39 is 17.9 Å². The highest BCUT2D eigenvalue weighted by molar-refractivity contribution is 6.32. The number of nitrogens with one attached hydrogen (secondary N) is 1. The van der Waals surface area contributed by atoms with Gasteiger partial charge in [0, 0.05) is 18.5 Å². The summed E-state index contributed by atoms with van der Waals surface area (Å²) in [4.78, 5) is 28.5. The van der Waals surface area contributed by atoms with Crippen LogP contribution in [0.3, 0.4) is 0 Å². The minimum absolute atomic E-state index is 0.0493. The Morgan fingerprint density at radius 1 is 1.20 bits per heavy atom. The number of benzene rings is 2. The van der Waals surface area contributed by atoms with Gasteiger partial charge in [-0.05, 0) is 30.0 Å². The number of carboxylic acids is 1. The third kappa shape index (κ3) is 5.99. The molecule has 0 aliphatic rings. The fraction of sp³-hybridized carbons (Fsp3) is 0.280. The van der Waals surface area contributed by atoms with Crippen LogP contribution in [0.2, 0.25) is 5.15 Å². The fourth-order valence-electron chi connectivity index (χ4n) is 3.71. The van der Waals surface area contributed by atoms with Crippen molar-refractivity contribution in [1.82, 2.24) is 14.9 Å². The standard InChI is InChI=1S/C25H29ClN6O3/c1-3-4-9-20-30-22(26)21(24(33)29-15(2)25(34)35)32(20)14-16-10-12-17(13-11-16)18-7-5-6-8-19(18)23(27)31-28/h5-8,10-13,15H,3-4,9,14,28H2,1-2H3,(H2,27,31)(H,29,33)(H,34,35)/t15-/m0/s1. The van der Waals surface area contributed by atoms with Gasteiger partial charge in [-0.2, -0.15) is 5.10 Å². The van der Waals surface area contributed by atoms with Crippen LogP contribution in [0, 0.1) is 0 Å². The van der Waals surface area contributed by atoms with Crippen LogP contribution in [-0.4, -0.2) is 38.4 Å². The molecule has 0 unspecified atom stereocenters. The highest BCUT2D eigenvalue weighted by Gasteiger charge is 2.25. The first-order chi connectivity index (χ1) is 16.8. The van der Waals surface area contributed by atoms with Crippen molar-refractivity contribution in [3.63, 3.8) is 0 Å². The average molecular weight is 497 g/mol. The lowest BCUT2D eigenvalue weighted by molar-refractivity contribution is -0.138. The highest BCUT2D eigenvalue weighted by Crippen LogP contribution is 2.26. The number of carboxylic acid groups (broad SMARTS) is 1. The number of halogens is 1. The number of rotatable bonds is 10. The summed E-state index contributed by atoms with van der Waals surface area (Å²) in [5, 5.41) is 15.3. The van der Waals surface area contributed by atoms with Crippen LogP contribution < -0.4 is 16.9 Å². The summed E-state index contributed by atoms with van der Waals surface area (Å²) in [5.41, 5.74) is 9.57. The van der Waals surface area contributed by atoms with E-state index in [4.69, 9.17) is 23.2 Å². The normalized spacial score (nSPS) is 12.4. The Labute approximate surface area is 208 Å². The van der Waals surface area contributed by atoms with Gasteiger partial charge in [-0.3, -0.25) is 9.59 Å². The Morgan fingerprint density at radius 2 is 1.89 bits per heavy atom. The van der Waals surface area contributed by atoms with Gasteiger partial charge in [0.15, 0.2) is 11.0 Å². The van der Waals surface area contributed by atoms with Crippen LogP contribution in [0.5, 0.6) is 0 Å². The van der Waals surface area contributed by atoms with Crippen molar-refractivity contribution >= 4 is 29.3 Å². The van der Waals surface area contributed by atoms with Crippen LogP contribution >= 0.6 is 11.6 Å². The second-order valence-electron chi connectivity index (χ2n) is 8.15. The van der Waals surface area contributed by atoms with E-state index in [1.54, 1.807) is 4.57 Å². The number of imidazole rings is 1. The molecule has 0 fully saturated rings. The predicted molar refractivity (Wildman–Crippen MR) is 136 cm³/mol. The number of unbranched alkanes of at least 4 members (excludes halogenated alkanes) is 1. The molecule has 0 spiro atoms. The SMILES string of the molecule is CCCCc1nc(Cl)c(C(=O)N[C@@H](C)C(=O)O)n1Cc1ccc(-c2ccccc2/C(N)=N/N)cc1. The summed E-state index contributed by atoms with van der Waals surface area (Å²) < 4.78 is 1.75. The molecule has 3 aromatic rings. The summed E-state index contributed by atoms with van der Waals surface area (Å²) >= 11 is 6.35. The van der Waals surface area contributed by atoms with E-state index in [1.807, 2.05) is 48.5 Å². The number of aryl methyl sites for hydroxylation is 1. The molecule has 3 rings (SSSR count). The molecule has 1 heterocycles. The molecule has 0 bridgehead atoms. The second kappa shape index (κ2) is 11.5. The number of hydrazone groups is 1. The van der Waals surface area contributed by atoms with Crippen LogP contribution in [0.4, 0.5) is 0 Å². The summed E-state index contributed by atoms with van der Waals surface area (Å²) in [6.07, 6.45) is 2.46. The summed E-state index contributed by atoms with van der Waals surface area (Å²) in [5.74, 6) is 4.57. The van der Waals surface area contributed by atoms with Gasteiger partial charge >= 0.3 is 5.97 Å². The zero-order valence-electron chi connectivity index (χ0n) is 19.7. The quantitative estimate of drug-likeness (QED) is 0.146. The van der Waals surface area contributed by atoms with Crippen molar-refractivity contribution in [1.29, 1.82) is 0 Å². The Balaban J connectivity index is 1.95. The van der Waals surface area contributed by atoms with E-state index in [9.17, 15) is 14.7 Å². The van der Waals surface area contributed by atoms with Gasteiger partial charge in [-0.15, -0.1) is 0 Å². The van der Waals surface area contributed by atoms with Crippen molar-refractivity contribution in [3.05, 3.63) is 76.3 Å². The molecule has 0 saturated heterocycles. The van der Waals surface area contributed by atoms with Crippen molar-refractivity contribution < 1.29 is 14.7 Å².